The van der Waals surface area contributed by atoms with Crippen LogP contribution in [0.15, 0.2) is 23.5 Å². The Morgan fingerprint density at radius 3 is 2.62 bits per heavy atom. The van der Waals surface area contributed by atoms with Crippen molar-refractivity contribution in [3.63, 3.8) is 0 Å². The maximum absolute atomic E-state index is 12.7. The monoisotopic (exact) mass is 433 g/mol. The number of rotatable bonds is 3. The minimum absolute atomic E-state index is 0.152. The molecule has 0 aromatic carbocycles. The fourth-order valence-electron chi connectivity index (χ4n) is 5.07. The summed E-state index contributed by atoms with van der Waals surface area (Å²) in [7, 11) is -1.04. The third-order valence-corrected chi connectivity index (χ3v) is 8.45. The smallest absolute Gasteiger partial charge is 0.225 e. The minimum atomic E-state index is -1.04. The molecule has 5 rings (SSSR count). The Hall–Kier alpha value is -1.64. The highest BCUT2D eigenvalue weighted by atomic mass is 35.5. The summed E-state index contributed by atoms with van der Waals surface area (Å²) >= 11 is 5.89. The van der Waals surface area contributed by atoms with Gasteiger partial charge in [-0.3, -0.25) is 4.21 Å². The third kappa shape index (κ3) is 3.45. The van der Waals surface area contributed by atoms with Crippen molar-refractivity contribution >= 4 is 28.3 Å². The summed E-state index contributed by atoms with van der Waals surface area (Å²) in [6, 6.07) is 0. The van der Waals surface area contributed by atoms with E-state index in [1.54, 1.807) is 18.6 Å². The van der Waals surface area contributed by atoms with Crippen LogP contribution in [0.4, 0.5) is 5.95 Å². The van der Waals surface area contributed by atoms with E-state index in [0.717, 1.165) is 67.6 Å². The largest absolute Gasteiger partial charge is 0.396 e. The second-order valence-corrected chi connectivity index (χ2v) is 10.3. The number of fused-ring (bicyclic) bond motifs is 2. The Kier molecular flexibility index (Phi) is 5.04. The lowest BCUT2D eigenvalue weighted by Gasteiger charge is -2.32. The molecule has 1 N–H and O–H groups in total. The van der Waals surface area contributed by atoms with Crippen LogP contribution in [0.25, 0.3) is 0 Å². The van der Waals surface area contributed by atoms with Crippen molar-refractivity contribution in [3.05, 3.63) is 35.1 Å². The normalized spacial score (nSPS) is 29.5. The highest BCUT2D eigenvalue weighted by molar-refractivity contribution is 7.85. The van der Waals surface area contributed by atoms with Crippen LogP contribution in [0.2, 0.25) is 5.02 Å². The van der Waals surface area contributed by atoms with E-state index in [1.807, 2.05) is 0 Å². The first kappa shape index (κ1) is 19.3. The predicted octanol–water partition coefficient (Wildman–Crippen LogP) is 2.46. The van der Waals surface area contributed by atoms with Crippen LogP contribution in [0.5, 0.6) is 0 Å². The lowest BCUT2D eigenvalue weighted by Crippen LogP contribution is -2.35. The van der Waals surface area contributed by atoms with Crippen LogP contribution in [-0.2, 0) is 16.2 Å². The molecule has 9 heteroatoms. The van der Waals surface area contributed by atoms with Crippen molar-refractivity contribution in [1.82, 2.24) is 19.9 Å². The van der Waals surface area contributed by atoms with Gasteiger partial charge in [-0.15, -0.1) is 0 Å². The van der Waals surface area contributed by atoms with Crippen molar-refractivity contribution < 1.29 is 9.32 Å². The van der Waals surface area contributed by atoms with E-state index in [2.05, 4.69) is 19.9 Å². The summed E-state index contributed by atoms with van der Waals surface area (Å²) in [5.74, 6) is 2.79. The molecular weight excluding hydrogens is 410 g/mol. The Labute approximate surface area is 177 Å². The van der Waals surface area contributed by atoms with Gasteiger partial charge in [-0.05, 0) is 38.0 Å². The lowest BCUT2D eigenvalue weighted by atomic mass is 9.84. The summed E-state index contributed by atoms with van der Waals surface area (Å²) in [5.41, 5.74) is 0.806. The Morgan fingerprint density at radius 2 is 1.93 bits per heavy atom. The Bertz CT molecular complexity index is 935. The molecule has 0 bridgehead atoms. The van der Waals surface area contributed by atoms with E-state index < -0.39 is 10.8 Å². The van der Waals surface area contributed by atoms with E-state index in [9.17, 15) is 9.32 Å². The van der Waals surface area contributed by atoms with Crippen molar-refractivity contribution in [2.75, 3.05) is 30.3 Å². The highest BCUT2D eigenvalue weighted by Gasteiger charge is 2.49. The zero-order valence-corrected chi connectivity index (χ0v) is 17.7. The second-order valence-electron chi connectivity index (χ2n) is 8.47. The van der Waals surface area contributed by atoms with Gasteiger partial charge < -0.3 is 10.0 Å². The van der Waals surface area contributed by atoms with Crippen molar-refractivity contribution in [2.45, 2.75) is 48.3 Å². The first-order valence-corrected chi connectivity index (χ1v) is 11.9. The molecule has 2 fully saturated rings. The first-order chi connectivity index (χ1) is 14.1. The van der Waals surface area contributed by atoms with Gasteiger partial charge in [-0.1, -0.05) is 11.6 Å². The van der Waals surface area contributed by atoms with Crippen LogP contribution in [0, 0.1) is 5.92 Å². The zero-order chi connectivity index (χ0) is 20.0. The molecule has 1 saturated carbocycles. The maximum Gasteiger partial charge on any atom is 0.225 e. The number of aliphatic hydroxyl groups is 1. The fraction of sp³-hybridized carbons (Fsp3) is 0.600. The number of nitrogens with zero attached hydrogens (tertiary/aromatic N) is 5. The molecule has 1 spiro atoms. The molecule has 2 aromatic heterocycles. The van der Waals surface area contributed by atoms with Gasteiger partial charge in [0.25, 0.3) is 0 Å². The van der Waals surface area contributed by atoms with Crippen molar-refractivity contribution in [3.8, 4) is 0 Å². The standard InChI is InChI=1S/C20H24ClN5O2S/c21-15-8-22-18(23-9-15)14-2-5-26(6-3-14)19-24-10-16-17(25-19)20(12-29(16)28)4-1-13(7-20)11-27/h8-10,13-14,27H,1-7,11-12H2. The molecule has 3 unspecified atom stereocenters. The molecule has 1 saturated heterocycles. The van der Waals surface area contributed by atoms with Gasteiger partial charge in [0.15, 0.2) is 0 Å². The molecule has 4 heterocycles. The topological polar surface area (TPSA) is 92.1 Å². The third-order valence-electron chi connectivity index (χ3n) is 6.65. The van der Waals surface area contributed by atoms with Gasteiger partial charge in [0, 0.05) is 55.4 Å². The summed E-state index contributed by atoms with van der Waals surface area (Å²) in [6.45, 7) is 1.87. The number of halogens is 1. The summed E-state index contributed by atoms with van der Waals surface area (Å²) in [6.07, 6.45) is 9.74. The van der Waals surface area contributed by atoms with Crippen LogP contribution in [0.3, 0.4) is 0 Å². The molecule has 7 nitrogen and oxygen atoms in total. The van der Waals surface area contributed by atoms with E-state index in [4.69, 9.17) is 16.6 Å². The Balaban J connectivity index is 1.34. The summed E-state index contributed by atoms with van der Waals surface area (Å²) in [5, 5.41) is 10.1. The van der Waals surface area contributed by atoms with Crippen LogP contribution < -0.4 is 4.90 Å². The average molecular weight is 434 g/mol. The number of hydrogen-bond acceptors (Lipinski definition) is 7. The van der Waals surface area contributed by atoms with E-state index >= 15 is 0 Å². The van der Waals surface area contributed by atoms with Gasteiger partial charge in [0.1, 0.15) is 5.82 Å². The molecule has 3 atom stereocenters. The van der Waals surface area contributed by atoms with E-state index in [1.165, 1.54) is 0 Å². The van der Waals surface area contributed by atoms with E-state index in [-0.39, 0.29) is 17.9 Å². The summed E-state index contributed by atoms with van der Waals surface area (Å²) in [4.78, 5) is 21.2. The highest BCUT2D eigenvalue weighted by Crippen LogP contribution is 2.50. The second kappa shape index (κ2) is 7.56. The molecule has 2 aromatic rings. The van der Waals surface area contributed by atoms with Crippen LogP contribution >= 0.6 is 11.6 Å². The van der Waals surface area contributed by atoms with Gasteiger partial charge in [-0.25, -0.2) is 19.9 Å². The molecule has 2 aliphatic heterocycles. The maximum atomic E-state index is 12.7. The zero-order valence-electron chi connectivity index (χ0n) is 16.1. The number of aromatic nitrogens is 4. The first-order valence-electron chi connectivity index (χ1n) is 10.2. The van der Waals surface area contributed by atoms with Gasteiger partial charge >= 0.3 is 0 Å². The number of anilines is 1. The minimum Gasteiger partial charge on any atom is -0.396 e. The average Bonchev–Trinajstić information content (AvgIpc) is 3.29. The molecular formula is C20H24ClN5O2S. The summed E-state index contributed by atoms with van der Waals surface area (Å²) < 4.78 is 12.7. The molecule has 0 amide bonds. The van der Waals surface area contributed by atoms with E-state index in [0.29, 0.717) is 16.7 Å². The predicted molar refractivity (Wildman–Crippen MR) is 111 cm³/mol. The Morgan fingerprint density at radius 1 is 1.17 bits per heavy atom. The molecule has 0 radical (unpaired) electrons. The van der Waals surface area contributed by atoms with Crippen LogP contribution in [-0.4, -0.2) is 54.7 Å². The van der Waals surface area contributed by atoms with Gasteiger partial charge in [0.05, 0.1) is 26.4 Å². The molecule has 154 valence electrons. The molecule has 29 heavy (non-hydrogen) atoms. The lowest BCUT2D eigenvalue weighted by molar-refractivity contribution is 0.224. The van der Waals surface area contributed by atoms with Crippen molar-refractivity contribution in [1.29, 1.82) is 0 Å². The number of piperidine rings is 1. The van der Waals surface area contributed by atoms with Crippen molar-refractivity contribution in [2.24, 2.45) is 5.92 Å². The quantitative estimate of drug-likeness (QED) is 0.794. The fourth-order valence-corrected chi connectivity index (χ4v) is 6.87. The van der Waals surface area contributed by atoms with Gasteiger partial charge in [-0.2, -0.15) is 0 Å². The molecule has 3 aliphatic rings. The SMILES string of the molecule is O=S1CC2(CCC(CO)C2)c2nc(N3CCC(c4ncc(Cl)cn4)CC3)ncc21. The number of hydrogen-bond donors (Lipinski definition) is 1. The molecule has 1 aliphatic carbocycles. The van der Waals surface area contributed by atoms with Gasteiger partial charge in [0.2, 0.25) is 5.95 Å². The van der Waals surface area contributed by atoms with Crippen LogP contribution in [0.1, 0.15) is 49.5 Å². The number of aliphatic hydroxyl groups excluding tert-OH is 1.